The first kappa shape index (κ1) is 12.7. The molecule has 0 amide bonds. The van der Waals surface area contributed by atoms with Gasteiger partial charge in [0.2, 0.25) is 0 Å². The van der Waals surface area contributed by atoms with Gasteiger partial charge in [0.15, 0.2) is 0 Å². The van der Waals surface area contributed by atoms with Gasteiger partial charge < -0.3 is 4.90 Å². The Balaban J connectivity index is 3.04. The standard InChI is InChI=1S/C9H21NS2/c1-10(6-4-8-11-2)7-5-9-12-3/h4-9H2,1-3H3. The number of rotatable bonds is 8. The summed E-state index contributed by atoms with van der Waals surface area (Å²) in [6.45, 7) is 2.52. The van der Waals surface area contributed by atoms with Crippen LogP contribution in [0, 0.1) is 0 Å². The maximum absolute atomic E-state index is 2.44. The Bertz CT molecular complexity index is 78.6. The lowest BCUT2D eigenvalue weighted by molar-refractivity contribution is 0.337. The summed E-state index contributed by atoms with van der Waals surface area (Å²) in [5.74, 6) is 2.60. The molecule has 0 N–H and O–H groups in total. The predicted octanol–water partition coefficient (Wildman–Crippen LogP) is 2.42. The van der Waals surface area contributed by atoms with Crippen LogP contribution in [0.1, 0.15) is 12.8 Å². The zero-order valence-corrected chi connectivity index (χ0v) is 10.1. The lowest BCUT2D eigenvalue weighted by Gasteiger charge is -2.15. The van der Waals surface area contributed by atoms with Gasteiger partial charge in [-0.1, -0.05) is 0 Å². The normalized spacial score (nSPS) is 11.0. The molecule has 0 aromatic heterocycles. The van der Waals surface area contributed by atoms with Gasteiger partial charge in [-0.25, -0.2) is 0 Å². The molecule has 0 spiro atoms. The van der Waals surface area contributed by atoms with Crippen molar-refractivity contribution in [3.8, 4) is 0 Å². The molecule has 0 heterocycles. The van der Waals surface area contributed by atoms with Crippen molar-refractivity contribution in [2.45, 2.75) is 12.8 Å². The van der Waals surface area contributed by atoms with Crippen LogP contribution in [0.5, 0.6) is 0 Å². The van der Waals surface area contributed by atoms with Crippen molar-refractivity contribution in [3.05, 3.63) is 0 Å². The van der Waals surface area contributed by atoms with Crippen LogP contribution in [-0.4, -0.2) is 49.1 Å². The molecule has 0 radical (unpaired) electrons. The van der Waals surface area contributed by atoms with Crippen molar-refractivity contribution in [1.29, 1.82) is 0 Å². The quantitative estimate of drug-likeness (QED) is 0.563. The minimum absolute atomic E-state index is 1.26. The first-order chi connectivity index (χ1) is 5.81. The molecule has 0 aromatic rings. The molecule has 0 aliphatic heterocycles. The highest BCUT2D eigenvalue weighted by Gasteiger charge is 1.96. The molecule has 3 heteroatoms. The number of thioether (sulfide) groups is 2. The maximum Gasteiger partial charge on any atom is -0.00139 e. The zero-order chi connectivity index (χ0) is 9.23. The second-order valence-electron chi connectivity index (χ2n) is 3.00. The molecule has 0 unspecified atom stereocenters. The Kier molecular flexibility index (Phi) is 10.3. The van der Waals surface area contributed by atoms with E-state index < -0.39 is 0 Å². The smallest absolute Gasteiger partial charge is 0.00139 e. The Morgan fingerprint density at radius 3 is 1.67 bits per heavy atom. The average molecular weight is 207 g/mol. The second-order valence-corrected chi connectivity index (χ2v) is 4.97. The predicted molar refractivity (Wildman–Crippen MR) is 63.5 cm³/mol. The Hall–Kier alpha value is 0.660. The molecule has 0 bridgehead atoms. The Morgan fingerprint density at radius 1 is 0.917 bits per heavy atom. The molecule has 74 valence electrons. The monoisotopic (exact) mass is 207 g/mol. The van der Waals surface area contributed by atoms with Gasteiger partial charge >= 0.3 is 0 Å². The van der Waals surface area contributed by atoms with E-state index in [0.717, 1.165) is 0 Å². The highest BCUT2D eigenvalue weighted by molar-refractivity contribution is 7.98. The third-order valence-electron chi connectivity index (χ3n) is 1.78. The van der Waals surface area contributed by atoms with Crippen molar-refractivity contribution in [1.82, 2.24) is 4.90 Å². The molecule has 0 saturated carbocycles. The van der Waals surface area contributed by atoms with Crippen LogP contribution in [-0.2, 0) is 0 Å². The van der Waals surface area contributed by atoms with Crippen molar-refractivity contribution in [3.63, 3.8) is 0 Å². The third kappa shape index (κ3) is 8.75. The van der Waals surface area contributed by atoms with Gasteiger partial charge in [0.1, 0.15) is 0 Å². The van der Waals surface area contributed by atoms with Crippen LogP contribution in [0.15, 0.2) is 0 Å². The van der Waals surface area contributed by atoms with E-state index in [0.29, 0.717) is 0 Å². The minimum Gasteiger partial charge on any atom is -0.306 e. The molecule has 0 rings (SSSR count). The average Bonchev–Trinajstić information content (AvgIpc) is 2.06. The lowest BCUT2D eigenvalue weighted by atomic mass is 10.4. The van der Waals surface area contributed by atoms with E-state index in [1.165, 1.54) is 37.4 Å². The van der Waals surface area contributed by atoms with Gasteiger partial charge in [-0.05, 0) is 57.0 Å². The van der Waals surface area contributed by atoms with Crippen LogP contribution in [0.3, 0.4) is 0 Å². The molecular formula is C9H21NS2. The summed E-state index contributed by atoms with van der Waals surface area (Å²) in [6.07, 6.45) is 7.01. The third-order valence-corrected chi connectivity index (χ3v) is 3.17. The fourth-order valence-electron chi connectivity index (χ4n) is 1.07. The summed E-state index contributed by atoms with van der Waals surface area (Å²) in [4.78, 5) is 2.44. The van der Waals surface area contributed by atoms with Crippen LogP contribution in [0.4, 0.5) is 0 Å². The van der Waals surface area contributed by atoms with Crippen LogP contribution in [0.25, 0.3) is 0 Å². The molecule has 0 aromatic carbocycles. The maximum atomic E-state index is 2.44. The lowest BCUT2D eigenvalue weighted by Crippen LogP contribution is -2.21. The zero-order valence-electron chi connectivity index (χ0n) is 8.51. The van der Waals surface area contributed by atoms with Gasteiger partial charge in [0, 0.05) is 0 Å². The topological polar surface area (TPSA) is 3.24 Å². The molecule has 0 saturated heterocycles. The Morgan fingerprint density at radius 2 is 1.33 bits per heavy atom. The number of hydrogen-bond donors (Lipinski definition) is 0. The highest BCUT2D eigenvalue weighted by Crippen LogP contribution is 2.00. The van der Waals surface area contributed by atoms with E-state index in [-0.39, 0.29) is 0 Å². The van der Waals surface area contributed by atoms with E-state index in [1.54, 1.807) is 0 Å². The van der Waals surface area contributed by atoms with E-state index in [9.17, 15) is 0 Å². The fourth-order valence-corrected chi connectivity index (χ4v) is 1.90. The van der Waals surface area contributed by atoms with Crippen molar-refractivity contribution < 1.29 is 0 Å². The van der Waals surface area contributed by atoms with E-state index in [1.807, 2.05) is 23.5 Å². The van der Waals surface area contributed by atoms with Crippen LogP contribution >= 0.6 is 23.5 Å². The second kappa shape index (κ2) is 9.75. The number of hydrogen-bond acceptors (Lipinski definition) is 3. The highest BCUT2D eigenvalue weighted by atomic mass is 32.2. The summed E-state index contributed by atoms with van der Waals surface area (Å²) in [5, 5.41) is 0. The summed E-state index contributed by atoms with van der Waals surface area (Å²) in [6, 6.07) is 0. The van der Waals surface area contributed by atoms with E-state index in [2.05, 4.69) is 24.5 Å². The Labute approximate surface area is 85.7 Å². The summed E-state index contributed by atoms with van der Waals surface area (Å²) in [7, 11) is 2.22. The molecular weight excluding hydrogens is 186 g/mol. The minimum atomic E-state index is 1.26. The summed E-state index contributed by atoms with van der Waals surface area (Å²) >= 11 is 3.88. The van der Waals surface area contributed by atoms with Crippen LogP contribution in [0.2, 0.25) is 0 Å². The van der Waals surface area contributed by atoms with Gasteiger partial charge in [-0.2, -0.15) is 23.5 Å². The molecule has 0 atom stereocenters. The fraction of sp³-hybridized carbons (Fsp3) is 1.00. The van der Waals surface area contributed by atoms with Gasteiger partial charge in [0.05, 0.1) is 0 Å². The van der Waals surface area contributed by atoms with Crippen molar-refractivity contribution >= 4 is 23.5 Å². The van der Waals surface area contributed by atoms with Crippen molar-refractivity contribution in [2.75, 3.05) is 44.2 Å². The van der Waals surface area contributed by atoms with Gasteiger partial charge in [-0.3, -0.25) is 0 Å². The van der Waals surface area contributed by atoms with E-state index >= 15 is 0 Å². The van der Waals surface area contributed by atoms with Gasteiger partial charge in [-0.15, -0.1) is 0 Å². The molecule has 1 nitrogen and oxygen atoms in total. The first-order valence-corrected chi connectivity index (χ1v) is 7.26. The summed E-state index contributed by atoms with van der Waals surface area (Å²) in [5.41, 5.74) is 0. The van der Waals surface area contributed by atoms with Gasteiger partial charge in [0.25, 0.3) is 0 Å². The van der Waals surface area contributed by atoms with Crippen LogP contribution < -0.4 is 0 Å². The molecule has 12 heavy (non-hydrogen) atoms. The first-order valence-electron chi connectivity index (χ1n) is 4.47. The summed E-state index contributed by atoms with van der Waals surface area (Å²) < 4.78 is 0. The molecule has 0 aliphatic carbocycles. The molecule has 0 aliphatic rings. The largest absolute Gasteiger partial charge is 0.306 e. The van der Waals surface area contributed by atoms with E-state index in [4.69, 9.17) is 0 Å². The molecule has 0 fully saturated rings. The van der Waals surface area contributed by atoms with Crippen molar-refractivity contribution in [2.24, 2.45) is 0 Å². The number of nitrogens with zero attached hydrogens (tertiary/aromatic N) is 1. The SMILES string of the molecule is CSCCCN(C)CCCSC.